The molecule has 1 heterocycles. The van der Waals surface area contributed by atoms with Crippen molar-refractivity contribution in [3.63, 3.8) is 0 Å². The van der Waals surface area contributed by atoms with E-state index in [9.17, 15) is 9.59 Å². The minimum Gasteiger partial charge on any atom is -0.352 e. The summed E-state index contributed by atoms with van der Waals surface area (Å²) in [6, 6.07) is 0.314. The van der Waals surface area contributed by atoms with E-state index in [-0.39, 0.29) is 18.4 Å². The van der Waals surface area contributed by atoms with Gasteiger partial charge in [0.2, 0.25) is 11.8 Å². The molecule has 1 aromatic rings. The topological polar surface area (TPSA) is 88.1 Å². The first kappa shape index (κ1) is 15.5. The molecule has 0 aliphatic heterocycles. The molecule has 0 spiro atoms. The van der Waals surface area contributed by atoms with E-state index < -0.39 is 0 Å². The first-order valence-corrected chi connectivity index (χ1v) is 7.43. The zero-order valence-corrected chi connectivity index (χ0v) is 12.4. The Labute approximate surface area is 124 Å². The SMILES string of the molecule is CNCCC(=O)Nc1cnn(CC(=O)NC2CCCC2)c1. The molecule has 1 aromatic heterocycles. The monoisotopic (exact) mass is 293 g/mol. The fourth-order valence-corrected chi connectivity index (χ4v) is 2.47. The molecule has 2 rings (SSSR count). The number of carbonyl (C=O) groups excluding carboxylic acids is 2. The Morgan fingerprint density at radius 3 is 2.81 bits per heavy atom. The van der Waals surface area contributed by atoms with Gasteiger partial charge in [-0.05, 0) is 19.9 Å². The molecule has 1 aliphatic rings. The predicted octanol–water partition coefficient (Wildman–Crippen LogP) is 0.490. The van der Waals surface area contributed by atoms with Gasteiger partial charge in [0, 0.05) is 25.2 Å². The van der Waals surface area contributed by atoms with Crippen LogP contribution >= 0.6 is 0 Å². The number of nitrogens with one attached hydrogen (secondary N) is 3. The van der Waals surface area contributed by atoms with Gasteiger partial charge in [-0.3, -0.25) is 14.3 Å². The van der Waals surface area contributed by atoms with Crippen LogP contribution < -0.4 is 16.0 Å². The zero-order valence-electron chi connectivity index (χ0n) is 12.4. The molecule has 0 bridgehead atoms. The number of anilines is 1. The lowest BCUT2D eigenvalue weighted by Crippen LogP contribution is -2.35. The smallest absolute Gasteiger partial charge is 0.241 e. The molecule has 1 aliphatic carbocycles. The third-order valence-electron chi connectivity index (χ3n) is 3.54. The van der Waals surface area contributed by atoms with Crippen molar-refractivity contribution in [1.29, 1.82) is 0 Å². The number of hydrogen-bond acceptors (Lipinski definition) is 4. The number of hydrogen-bond donors (Lipinski definition) is 3. The molecule has 0 radical (unpaired) electrons. The normalized spacial score (nSPS) is 15.1. The van der Waals surface area contributed by atoms with Crippen LogP contribution in [-0.2, 0) is 16.1 Å². The van der Waals surface area contributed by atoms with Crippen LogP contribution in [0.2, 0.25) is 0 Å². The van der Waals surface area contributed by atoms with Crippen LogP contribution in [0, 0.1) is 0 Å². The third kappa shape index (κ3) is 5.18. The Hall–Kier alpha value is -1.89. The number of rotatable bonds is 7. The van der Waals surface area contributed by atoms with Gasteiger partial charge in [0.05, 0.1) is 11.9 Å². The minimum atomic E-state index is -0.0701. The Balaban J connectivity index is 1.76. The van der Waals surface area contributed by atoms with Gasteiger partial charge < -0.3 is 16.0 Å². The van der Waals surface area contributed by atoms with Crippen LogP contribution in [-0.4, -0.2) is 41.2 Å². The van der Waals surface area contributed by atoms with Crippen molar-refractivity contribution in [3.8, 4) is 0 Å². The molecule has 7 heteroatoms. The lowest BCUT2D eigenvalue weighted by Gasteiger charge is -2.11. The molecular weight excluding hydrogens is 270 g/mol. The molecule has 0 atom stereocenters. The maximum Gasteiger partial charge on any atom is 0.241 e. The second-order valence-electron chi connectivity index (χ2n) is 5.38. The summed E-state index contributed by atoms with van der Waals surface area (Å²) in [7, 11) is 1.80. The van der Waals surface area contributed by atoms with Crippen molar-refractivity contribution in [2.24, 2.45) is 0 Å². The summed E-state index contributed by atoms with van der Waals surface area (Å²) in [5.74, 6) is -0.0997. The Bertz CT molecular complexity index is 479. The molecule has 0 unspecified atom stereocenters. The second-order valence-corrected chi connectivity index (χ2v) is 5.38. The van der Waals surface area contributed by atoms with Crippen LogP contribution in [0.4, 0.5) is 5.69 Å². The molecule has 3 N–H and O–H groups in total. The number of nitrogens with zero attached hydrogens (tertiary/aromatic N) is 2. The van der Waals surface area contributed by atoms with Gasteiger partial charge >= 0.3 is 0 Å². The van der Waals surface area contributed by atoms with E-state index >= 15 is 0 Å². The highest BCUT2D eigenvalue weighted by atomic mass is 16.2. The molecular formula is C14H23N5O2. The van der Waals surface area contributed by atoms with E-state index in [2.05, 4.69) is 21.0 Å². The first-order chi connectivity index (χ1) is 10.2. The van der Waals surface area contributed by atoms with E-state index in [0.717, 1.165) is 12.8 Å². The minimum absolute atomic E-state index is 0.0296. The summed E-state index contributed by atoms with van der Waals surface area (Å²) in [6.45, 7) is 0.812. The van der Waals surface area contributed by atoms with Crippen LogP contribution in [0.3, 0.4) is 0 Å². The van der Waals surface area contributed by atoms with Gasteiger partial charge in [0.15, 0.2) is 0 Å². The molecule has 7 nitrogen and oxygen atoms in total. The van der Waals surface area contributed by atoms with Crippen molar-refractivity contribution in [1.82, 2.24) is 20.4 Å². The van der Waals surface area contributed by atoms with Gasteiger partial charge in [0.25, 0.3) is 0 Å². The summed E-state index contributed by atoms with van der Waals surface area (Å²) in [5.41, 5.74) is 0.616. The quantitative estimate of drug-likeness (QED) is 0.683. The molecule has 0 aromatic carbocycles. The van der Waals surface area contributed by atoms with Gasteiger partial charge in [-0.1, -0.05) is 12.8 Å². The second kappa shape index (κ2) is 7.78. The Kier molecular flexibility index (Phi) is 5.74. The molecule has 1 fully saturated rings. The third-order valence-corrected chi connectivity index (χ3v) is 3.54. The molecule has 116 valence electrons. The summed E-state index contributed by atoms with van der Waals surface area (Å²) >= 11 is 0. The number of carbonyl (C=O) groups is 2. The lowest BCUT2D eigenvalue weighted by molar-refractivity contribution is -0.122. The van der Waals surface area contributed by atoms with Crippen LogP contribution in [0.5, 0.6) is 0 Å². The molecule has 1 saturated carbocycles. The van der Waals surface area contributed by atoms with E-state index in [1.807, 2.05) is 0 Å². The molecule has 2 amide bonds. The summed E-state index contributed by atoms with van der Waals surface area (Å²) in [5, 5.41) is 12.8. The van der Waals surface area contributed by atoms with Crippen LogP contribution in [0.25, 0.3) is 0 Å². The summed E-state index contributed by atoms with van der Waals surface area (Å²) in [4.78, 5) is 23.4. The van der Waals surface area contributed by atoms with Crippen molar-refractivity contribution in [2.45, 2.75) is 44.7 Å². The van der Waals surface area contributed by atoms with Crippen molar-refractivity contribution < 1.29 is 9.59 Å². The van der Waals surface area contributed by atoms with Gasteiger partial charge in [-0.15, -0.1) is 0 Å². The fourth-order valence-electron chi connectivity index (χ4n) is 2.47. The molecule has 0 saturated heterocycles. The zero-order chi connectivity index (χ0) is 15.1. The van der Waals surface area contributed by atoms with E-state index in [1.165, 1.54) is 17.5 Å². The number of amides is 2. The van der Waals surface area contributed by atoms with Crippen LogP contribution in [0.15, 0.2) is 12.4 Å². The molecule has 21 heavy (non-hydrogen) atoms. The highest BCUT2D eigenvalue weighted by molar-refractivity contribution is 5.90. The average molecular weight is 293 g/mol. The fraction of sp³-hybridized carbons (Fsp3) is 0.643. The predicted molar refractivity (Wildman–Crippen MR) is 79.8 cm³/mol. The maximum atomic E-state index is 11.9. The highest BCUT2D eigenvalue weighted by Crippen LogP contribution is 2.17. The van der Waals surface area contributed by atoms with Gasteiger partial charge in [0.1, 0.15) is 6.54 Å². The average Bonchev–Trinajstić information content (AvgIpc) is 3.08. The van der Waals surface area contributed by atoms with Crippen molar-refractivity contribution in [3.05, 3.63) is 12.4 Å². The standard InChI is InChI=1S/C14H23N5O2/c1-15-7-6-13(20)18-12-8-16-19(9-12)10-14(21)17-11-4-2-3-5-11/h8-9,11,15H,2-7,10H2,1H3,(H,17,21)(H,18,20). The van der Waals surface area contributed by atoms with Crippen molar-refractivity contribution in [2.75, 3.05) is 18.9 Å². The van der Waals surface area contributed by atoms with E-state index in [4.69, 9.17) is 0 Å². The van der Waals surface area contributed by atoms with E-state index in [0.29, 0.717) is 24.7 Å². The maximum absolute atomic E-state index is 11.9. The highest BCUT2D eigenvalue weighted by Gasteiger charge is 2.17. The van der Waals surface area contributed by atoms with Crippen LogP contribution in [0.1, 0.15) is 32.1 Å². The Morgan fingerprint density at radius 2 is 2.10 bits per heavy atom. The largest absolute Gasteiger partial charge is 0.352 e. The van der Waals surface area contributed by atoms with Crippen molar-refractivity contribution >= 4 is 17.5 Å². The van der Waals surface area contributed by atoms with Gasteiger partial charge in [-0.25, -0.2) is 0 Å². The summed E-state index contributed by atoms with van der Waals surface area (Å²) in [6.07, 6.45) is 8.15. The first-order valence-electron chi connectivity index (χ1n) is 7.43. The van der Waals surface area contributed by atoms with E-state index in [1.54, 1.807) is 19.4 Å². The summed E-state index contributed by atoms with van der Waals surface area (Å²) < 4.78 is 1.54. The van der Waals surface area contributed by atoms with Gasteiger partial charge in [-0.2, -0.15) is 5.10 Å². The Morgan fingerprint density at radius 1 is 1.33 bits per heavy atom. The lowest BCUT2D eigenvalue weighted by atomic mass is 10.2. The number of aromatic nitrogens is 2.